The molecule has 0 aliphatic heterocycles. The Morgan fingerprint density at radius 3 is 2.29 bits per heavy atom. The maximum Gasteiger partial charge on any atom is 0.156 e. The first-order valence-corrected chi connectivity index (χ1v) is 5.22. The van der Waals surface area contributed by atoms with Gasteiger partial charge in [-0.05, 0) is 25.7 Å². The van der Waals surface area contributed by atoms with Crippen molar-refractivity contribution in [3.63, 3.8) is 0 Å². The maximum atomic E-state index is 5.08. The second kappa shape index (κ2) is 10.5. The van der Waals surface area contributed by atoms with Crippen LogP contribution in [0.25, 0.3) is 0 Å². The molecule has 14 heavy (non-hydrogen) atoms. The highest BCUT2D eigenvalue weighted by Crippen LogP contribution is 2.05. The summed E-state index contributed by atoms with van der Waals surface area (Å²) in [7, 11) is 3.35. The first-order valence-electron chi connectivity index (χ1n) is 5.22. The van der Waals surface area contributed by atoms with Crippen molar-refractivity contribution in [1.82, 2.24) is 0 Å². The summed E-state index contributed by atoms with van der Waals surface area (Å²) in [6.45, 7) is 2.13. The minimum atomic E-state index is -0.0467. The van der Waals surface area contributed by atoms with E-state index in [4.69, 9.17) is 9.47 Å². The highest BCUT2D eigenvalue weighted by molar-refractivity contribution is 5.01. The number of hydrogen-bond acceptors (Lipinski definition) is 2. The molecule has 0 atom stereocenters. The van der Waals surface area contributed by atoms with E-state index in [1.807, 2.05) is 0 Å². The number of allylic oxidation sites excluding steroid dienone is 4. The number of unbranched alkanes of at least 4 members (excludes halogenated alkanes) is 1. The van der Waals surface area contributed by atoms with Gasteiger partial charge in [-0.3, -0.25) is 0 Å². The van der Waals surface area contributed by atoms with Crippen LogP contribution in [0.4, 0.5) is 0 Å². The molecule has 0 rings (SSSR count). The van der Waals surface area contributed by atoms with Gasteiger partial charge in [0.15, 0.2) is 6.29 Å². The number of methoxy groups -OCH3 is 2. The van der Waals surface area contributed by atoms with Crippen LogP contribution in [-0.2, 0) is 9.47 Å². The van der Waals surface area contributed by atoms with E-state index in [0.717, 1.165) is 25.7 Å². The van der Waals surface area contributed by atoms with E-state index in [1.165, 1.54) is 0 Å². The van der Waals surface area contributed by atoms with Crippen molar-refractivity contribution in [3.8, 4) is 0 Å². The van der Waals surface area contributed by atoms with Gasteiger partial charge in [-0.2, -0.15) is 0 Å². The average Bonchev–Trinajstić information content (AvgIpc) is 2.22. The summed E-state index contributed by atoms with van der Waals surface area (Å²) in [5, 5.41) is 0. The van der Waals surface area contributed by atoms with Gasteiger partial charge in [0, 0.05) is 14.2 Å². The van der Waals surface area contributed by atoms with Gasteiger partial charge in [0.1, 0.15) is 0 Å². The first kappa shape index (κ1) is 13.4. The van der Waals surface area contributed by atoms with Gasteiger partial charge in [0.2, 0.25) is 0 Å². The van der Waals surface area contributed by atoms with Crippen LogP contribution < -0.4 is 0 Å². The van der Waals surface area contributed by atoms with E-state index in [2.05, 4.69) is 31.2 Å². The van der Waals surface area contributed by atoms with Gasteiger partial charge in [0.05, 0.1) is 0 Å². The van der Waals surface area contributed by atoms with Crippen molar-refractivity contribution in [3.05, 3.63) is 24.3 Å². The van der Waals surface area contributed by atoms with Gasteiger partial charge in [-0.1, -0.05) is 31.2 Å². The predicted molar refractivity (Wildman–Crippen MR) is 60.2 cm³/mol. The molecule has 0 aliphatic carbocycles. The molecule has 0 bridgehead atoms. The van der Waals surface area contributed by atoms with Gasteiger partial charge in [-0.15, -0.1) is 0 Å². The lowest BCUT2D eigenvalue weighted by molar-refractivity contribution is -0.106. The van der Waals surface area contributed by atoms with Gasteiger partial charge in [-0.25, -0.2) is 0 Å². The highest BCUT2D eigenvalue weighted by atomic mass is 16.7. The molecule has 0 unspecified atom stereocenters. The molecule has 0 amide bonds. The summed E-state index contributed by atoms with van der Waals surface area (Å²) in [5.41, 5.74) is 0. The Labute approximate surface area is 87.6 Å². The molecule has 0 radical (unpaired) electrons. The number of ether oxygens (including phenoxy) is 2. The molecule has 2 nitrogen and oxygen atoms in total. The maximum absolute atomic E-state index is 5.08. The van der Waals surface area contributed by atoms with Gasteiger partial charge in [0.25, 0.3) is 0 Å². The molecule has 0 N–H and O–H groups in total. The van der Waals surface area contributed by atoms with E-state index in [0.29, 0.717) is 0 Å². The summed E-state index contributed by atoms with van der Waals surface area (Å²) in [5.74, 6) is 0. The van der Waals surface area contributed by atoms with Crippen LogP contribution in [-0.4, -0.2) is 20.5 Å². The fourth-order valence-corrected chi connectivity index (χ4v) is 1.12. The van der Waals surface area contributed by atoms with E-state index < -0.39 is 0 Å². The SMILES string of the molecule is CCC=CC=CCCCC(OC)OC. The Balaban J connectivity index is 3.36. The standard InChI is InChI=1S/C12H22O2/c1-4-5-6-7-8-9-10-11-12(13-2)14-3/h5-8,12H,4,9-11H2,1-3H3. The minimum absolute atomic E-state index is 0.0467. The van der Waals surface area contributed by atoms with Crippen LogP contribution in [0.3, 0.4) is 0 Å². The lowest BCUT2D eigenvalue weighted by Crippen LogP contribution is -2.11. The third-order valence-corrected chi connectivity index (χ3v) is 1.96. The smallest absolute Gasteiger partial charge is 0.156 e. The monoisotopic (exact) mass is 198 g/mol. The largest absolute Gasteiger partial charge is 0.356 e. The molecular weight excluding hydrogens is 176 g/mol. The topological polar surface area (TPSA) is 18.5 Å². The fourth-order valence-electron chi connectivity index (χ4n) is 1.12. The van der Waals surface area contributed by atoms with Crippen molar-refractivity contribution < 1.29 is 9.47 Å². The normalized spacial score (nSPS) is 12.3. The molecule has 0 aromatic rings. The molecule has 2 heteroatoms. The summed E-state index contributed by atoms with van der Waals surface area (Å²) in [6, 6.07) is 0. The van der Waals surface area contributed by atoms with Crippen LogP contribution in [0, 0.1) is 0 Å². The van der Waals surface area contributed by atoms with Crippen LogP contribution in [0.5, 0.6) is 0 Å². The molecule has 0 spiro atoms. The number of rotatable bonds is 8. The van der Waals surface area contributed by atoms with Crippen LogP contribution >= 0.6 is 0 Å². The van der Waals surface area contributed by atoms with E-state index in [-0.39, 0.29) is 6.29 Å². The molecule has 0 fully saturated rings. The van der Waals surface area contributed by atoms with E-state index in [9.17, 15) is 0 Å². The molecular formula is C12H22O2. The average molecular weight is 198 g/mol. The fraction of sp³-hybridized carbons (Fsp3) is 0.667. The molecule has 0 saturated heterocycles. The molecule has 0 aliphatic rings. The second-order valence-corrected chi connectivity index (χ2v) is 3.10. The Hall–Kier alpha value is -0.600. The lowest BCUT2D eigenvalue weighted by atomic mass is 10.2. The quantitative estimate of drug-likeness (QED) is 0.338. The zero-order chi connectivity index (χ0) is 10.6. The Kier molecular flexibility index (Phi) is 10.0. The van der Waals surface area contributed by atoms with Crippen LogP contribution in [0.15, 0.2) is 24.3 Å². The minimum Gasteiger partial charge on any atom is -0.356 e. The molecule has 82 valence electrons. The van der Waals surface area contributed by atoms with E-state index >= 15 is 0 Å². The van der Waals surface area contributed by atoms with Gasteiger partial charge < -0.3 is 9.47 Å². The summed E-state index contributed by atoms with van der Waals surface area (Å²) < 4.78 is 10.2. The lowest BCUT2D eigenvalue weighted by Gasteiger charge is -2.11. The Morgan fingerprint density at radius 1 is 1.07 bits per heavy atom. The van der Waals surface area contributed by atoms with Crippen LogP contribution in [0.2, 0.25) is 0 Å². The molecule has 0 saturated carbocycles. The third kappa shape index (κ3) is 8.02. The van der Waals surface area contributed by atoms with Crippen molar-refractivity contribution >= 4 is 0 Å². The third-order valence-electron chi connectivity index (χ3n) is 1.96. The Bertz CT molecular complexity index is 158. The van der Waals surface area contributed by atoms with Crippen molar-refractivity contribution in [2.45, 2.75) is 38.9 Å². The van der Waals surface area contributed by atoms with E-state index in [1.54, 1.807) is 14.2 Å². The second-order valence-electron chi connectivity index (χ2n) is 3.10. The summed E-state index contributed by atoms with van der Waals surface area (Å²) in [4.78, 5) is 0. The van der Waals surface area contributed by atoms with Gasteiger partial charge >= 0.3 is 0 Å². The summed E-state index contributed by atoms with van der Waals surface area (Å²) in [6.07, 6.45) is 12.7. The first-order chi connectivity index (χ1) is 6.85. The highest BCUT2D eigenvalue weighted by Gasteiger charge is 2.02. The molecule has 0 heterocycles. The predicted octanol–water partition coefficient (Wildman–Crippen LogP) is 3.30. The van der Waals surface area contributed by atoms with Crippen molar-refractivity contribution in [1.29, 1.82) is 0 Å². The summed E-state index contributed by atoms with van der Waals surface area (Å²) >= 11 is 0. The Morgan fingerprint density at radius 2 is 1.71 bits per heavy atom. The van der Waals surface area contributed by atoms with Crippen molar-refractivity contribution in [2.24, 2.45) is 0 Å². The zero-order valence-corrected chi connectivity index (χ0v) is 9.53. The molecule has 0 aromatic heterocycles. The number of hydrogen-bond donors (Lipinski definition) is 0. The van der Waals surface area contributed by atoms with Crippen molar-refractivity contribution in [2.75, 3.05) is 14.2 Å². The van der Waals surface area contributed by atoms with Crippen LogP contribution in [0.1, 0.15) is 32.6 Å². The molecule has 0 aromatic carbocycles. The zero-order valence-electron chi connectivity index (χ0n) is 9.53.